The predicted octanol–water partition coefficient (Wildman–Crippen LogP) is 3.90. The SMILES string of the molecule is CN=C(NCc1scnc1C)N1CCSC2(CCCCC2)C1.I. The topological polar surface area (TPSA) is 40.5 Å². The molecule has 130 valence electrons. The van der Waals surface area contributed by atoms with E-state index < -0.39 is 0 Å². The third kappa shape index (κ3) is 4.75. The zero-order valence-corrected chi connectivity index (χ0v) is 18.0. The van der Waals surface area contributed by atoms with Crippen LogP contribution in [0.3, 0.4) is 0 Å². The minimum absolute atomic E-state index is 0. The van der Waals surface area contributed by atoms with Crippen LogP contribution in [0.4, 0.5) is 0 Å². The Morgan fingerprint density at radius 1 is 1.39 bits per heavy atom. The maximum Gasteiger partial charge on any atom is 0.194 e. The molecular weight excluding hydrogens is 439 g/mol. The normalized spacial score (nSPS) is 21.1. The number of hydrogen-bond acceptors (Lipinski definition) is 4. The standard InChI is InChI=1S/C16H26N4S2.HI/c1-13-14(21-12-19-13)10-18-15(17-2)20-8-9-22-16(11-20)6-4-3-5-7-16;/h12H,3-11H2,1-2H3,(H,17,18);1H. The Morgan fingerprint density at radius 2 is 2.17 bits per heavy atom. The highest BCUT2D eigenvalue weighted by atomic mass is 127. The number of thioether (sulfide) groups is 1. The van der Waals surface area contributed by atoms with Gasteiger partial charge in [0.1, 0.15) is 0 Å². The molecule has 1 aromatic heterocycles. The van der Waals surface area contributed by atoms with E-state index in [0.29, 0.717) is 4.75 Å². The van der Waals surface area contributed by atoms with Crippen molar-refractivity contribution in [2.75, 3.05) is 25.9 Å². The summed E-state index contributed by atoms with van der Waals surface area (Å²) in [5, 5.41) is 3.54. The highest BCUT2D eigenvalue weighted by Gasteiger charge is 2.38. The van der Waals surface area contributed by atoms with Crippen LogP contribution in [0.25, 0.3) is 0 Å². The van der Waals surface area contributed by atoms with Crippen LogP contribution in [0.2, 0.25) is 0 Å². The number of thiazole rings is 1. The maximum absolute atomic E-state index is 4.53. The van der Waals surface area contributed by atoms with Crippen LogP contribution in [-0.2, 0) is 6.54 Å². The molecule has 1 N–H and O–H groups in total. The number of hydrogen-bond donors (Lipinski definition) is 1. The number of aryl methyl sites for hydroxylation is 1. The van der Waals surface area contributed by atoms with Crippen LogP contribution in [-0.4, -0.2) is 46.5 Å². The van der Waals surface area contributed by atoms with Crippen molar-refractivity contribution in [2.24, 2.45) is 4.99 Å². The summed E-state index contributed by atoms with van der Waals surface area (Å²) in [7, 11) is 1.90. The predicted molar refractivity (Wildman–Crippen MR) is 112 cm³/mol. The fraction of sp³-hybridized carbons (Fsp3) is 0.750. The number of aromatic nitrogens is 1. The molecule has 7 heteroatoms. The van der Waals surface area contributed by atoms with Crippen LogP contribution in [0.1, 0.15) is 42.7 Å². The molecule has 4 nitrogen and oxygen atoms in total. The van der Waals surface area contributed by atoms with Gasteiger partial charge in [-0.05, 0) is 19.8 Å². The van der Waals surface area contributed by atoms with Crippen molar-refractivity contribution in [3.63, 3.8) is 0 Å². The smallest absolute Gasteiger partial charge is 0.194 e. The molecule has 0 atom stereocenters. The Hall–Kier alpha value is -0.0200. The highest BCUT2D eigenvalue weighted by molar-refractivity contribution is 14.0. The quantitative estimate of drug-likeness (QED) is 0.408. The molecule has 0 radical (unpaired) electrons. The summed E-state index contributed by atoms with van der Waals surface area (Å²) in [5.41, 5.74) is 3.05. The lowest BCUT2D eigenvalue weighted by atomic mass is 9.87. The molecule has 3 rings (SSSR count). The molecule has 2 heterocycles. The summed E-state index contributed by atoms with van der Waals surface area (Å²) in [6.07, 6.45) is 6.96. The van der Waals surface area contributed by atoms with Gasteiger partial charge < -0.3 is 10.2 Å². The average Bonchev–Trinajstić information content (AvgIpc) is 2.94. The van der Waals surface area contributed by atoms with Gasteiger partial charge in [0.2, 0.25) is 0 Å². The third-order valence-electron chi connectivity index (χ3n) is 4.78. The number of nitrogens with zero attached hydrogens (tertiary/aromatic N) is 3. The first-order chi connectivity index (χ1) is 10.7. The molecule has 0 amide bonds. The van der Waals surface area contributed by atoms with Crippen LogP contribution in [0.15, 0.2) is 10.5 Å². The van der Waals surface area contributed by atoms with Gasteiger partial charge in [0.15, 0.2) is 5.96 Å². The van der Waals surface area contributed by atoms with Crippen molar-refractivity contribution >= 4 is 53.0 Å². The van der Waals surface area contributed by atoms with Gasteiger partial charge >= 0.3 is 0 Å². The van der Waals surface area contributed by atoms with Crippen molar-refractivity contribution in [3.8, 4) is 0 Å². The summed E-state index contributed by atoms with van der Waals surface area (Å²) in [5.74, 6) is 2.28. The third-order valence-corrected chi connectivity index (χ3v) is 7.25. The van der Waals surface area contributed by atoms with Crippen molar-refractivity contribution < 1.29 is 0 Å². The van der Waals surface area contributed by atoms with Crippen molar-refractivity contribution in [1.82, 2.24) is 15.2 Å². The Morgan fingerprint density at radius 3 is 2.83 bits per heavy atom. The number of guanidine groups is 1. The van der Waals surface area contributed by atoms with E-state index in [-0.39, 0.29) is 24.0 Å². The molecule has 1 spiro atoms. The van der Waals surface area contributed by atoms with E-state index in [1.54, 1.807) is 11.3 Å². The summed E-state index contributed by atoms with van der Waals surface area (Å²) in [4.78, 5) is 12.6. The summed E-state index contributed by atoms with van der Waals surface area (Å²) < 4.78 is 0.481. The van der Waals surface area contributed by atoms with E-state index in [0.717, 1.165) is 31.3 Å². The molecule has 0 bridgehead atoms. The molecule has 0 unspecified atom stereocenters. The molecule has 23 heavy (non-hydrogen) atoms. The minimum atomic E-state index is 0. The van der Waals surface area contributed by atoms with E-state index in [1.165, 1.54) is 42.7 Å². The second kappa shape index (κ2) is 8.89. The molecule has 1 saturated carbocycles. The first-order valence-corrected chi connectivity index (χ1v) is 10.1. The first kappa shape index (κ1) is 19.3. The molecule has 2 aliphatic rings. The minimum Gasteiger partial charge on any atom is -0.351 e. The van der Waals surface area contributed by atoms with Gasteiger partial charge in [0, 0.05) is 35.5 Å². The number of aliphatic imine (C=N–C) groups is 1. The largest absolute Gasteiger partial charge is 0.351 e. The van der Waals surface area contributed by atoms with Gasteiger partial charge in [-0.3, -0.25) is 4.99 Å². The van der Waals surface area contributed by atoms with Crippen molar-refractivity contribution in [3.05, 3.63) is 16.1 Å². The fourth-order valence-electron chi connectivity index (χ4n) is 3.51. The van der Waals surface area contributed by atoms with Gasteiger partial charge in [-0.15, -0.1) is 35.3 Å². The van der Waals surface area contributed by atoms with Gasteiger partial charge in [0.25, 0.3) is 0 Å². The fourth-order valence-corrected chi connectivity index (χ4v) is 5.80. The number of rotatable bonds is 2. The first-order valence-electron chi connectivity index (χ1n) is 8.21. The Labute approximate surface area is 164 Å². The van der Waals surface area contributed by atoms with E-state index >= 15 is 0 Å². The van der Waals surface area contributed by atoms with Gasteiger partial charge in [0.05, 0.1) is 17.7 Å². The monoisotopic (exact) mass is 466 g/mol. The van der Waals surface area contributed by atoms with Crippen LogP contribution < -0.4 is 5.32 Å². The lowest BCUT2D eigenvalue weighted by molar-refractivity contribution is 0.293. The zero-order valence-electron chi connectivity index (χ0n) is 14.0. The second-order valence-corrected chi connectivity index (χ2v) is 8.78. The summed E-state index contributed by atoms with van der Waals surface area (Å²) >= 11 is 3.92. The Kier molecular flexibility index (Phi) is 7.47. The molecule has 1 saturated heterocycles. The van der Waals surface area contributed by atoms with Crippen LogP contribution in [0, 0.1) is 6.92 Å². The van der Waals surface area contributed by atoms with Crippen molar-refractivity contribution in [2.45, 2.75) is 50.3 Å². The van der Waals surface area contributed by atoms with E-state index in [9.17, 15) is 0 Å². The van der Waals surface area contributed by atoms with Crippen LogP contribution >= 0.6 is 47.1 Å². The molecule has 1 aromatic rings. The number of nitrogens with one attached hydrogen (secondary N) is 1. The molecule has 1 aliphatic carbocycles. The van der Waals surface area contributed by atoms with E-state index in [2.05, 4.69) is 38.9 Å². The molecular formula is C16H27IN4S2. The zero-order chi connectivity index (χ0) is 15.4. The van der Waals surface area contributed by atoms with E-state index in [4.69, 9.17) is 0 Å². The van der Waals surface area contributed by atoms with Gasteiger partial charge in [-0.2, -0.15) is 11.8 Å². The Balaban J connectivity index is 0.00000192. The lowest BCUT2D eigenvalue weighted by Gasteiger charge is -2.45. The molecule has 1 aliphatic heterocycles. The average molecular weight is 466 g/mol. The van der Waals surface area contributed by atoms with Gasteiger partial charge in [-0.1, -0.05) is 19.3 Å². The van der Waals surface area contributed by atoms with Crippen LogP contribution in [0.5, 0.6) is 0 Å². The maximum atomic E-state index is 4.53. The molecule has 2 fully saturated rings. The lowest BCUT2D eigenvalue weighted by Crippen LogP contribution is -2.53. The number of halogens is 1. The summed E-state index contributed by atoms with van der Waals surface area (Å²) in [6, 6.07) is 0. The van der Waals surface area contributed by atoms with Crippen molar-refractivity contribution in [1.29, 1.82) is 0 Å². The van der Waals surface area contributed by atoms with Gasteiger partial charge in [-0.25, -0.2) is 4.98 Å². The molecule has 0 aromatic carbocycles. The highest BCUT2D eigenvalue weighted by Crippen LogP contribution is 2.42. The second-order valence-electron chi connectivity index (χ2n) is 6.28. The Bertz CT molecular complexity index is 520. The van der Waals surface area contributed by atoms with E-state index in [1.807, 2.05) is 12.6 Å². The summed E-state index contributed by atoms with van der Waals surface area (Å²) in [6.45, 7) is 5.16.